The third kappa shape index (κ3) is 4.88. The third-order valence-corrected chi connectivity index (χ3v) is 5.53. The molecule has 8 nitrogen and oxygen atoms in total. The zero-order valence-electron chi connectivity index (χ0n) is 16.9. The predicted octanol–water partition coefficient (Wildman–Crippen LogP) is 3.49. The molecule has 0 aliphatic heterocycles. The predicted molar refractivity (Wildman–Crippen MR) is 111 cm³/mol. The third-order valence-electron chi connectivity index (χ3n) is 4.37. The van der Waals surface area contributed by atoms with E-state index in [1.807, 2.05) is 0 Å². The zero-order valence-corrected chi connectivity index (χ0v) is 17.7. The molecule has 11 heteroatoms. The lowest BCUT2D eigenvalue weighted by atomic mass is 10.2. The Kier molecular flexibility index (Phi) is 6.64. The molecule has 1 amide bonds. The summed E-state index contributed by atoms with van der Waals surface area (Å²) in [5, 5.41) is 2.85. The highest BCUT2D eigenvalue weighted by atomic mass is 32.1. The maximum absolute atomic E-state index is 13.0. The number of ether oxygens (including phenoxy) is 2. The van der Waals surface area contributed by atoms with Gasteiger partial charge in [0, 0.05) is 5.69 Å². The second-order valence-electron chi connectivity index (χ2n) is 6.46. The van der Waals surface area contributed by atoms with Crippen LogP contribution in [0.25, 0.3) is 10.2 Å². The lowest BCUT2D eigenvalue weighted by Crippen LogP contribution is -2.30. The van der Waals surface area contributed by atoms with Crippen molar-refractivity contribution in [2.75, 3.05) is 11.9 Å². The number of aromatic nitrogens is 2. The second-order valence-corrected chi connectivity index (χ2v) is 7.46. The molecule has 164 valence electrons. The number of carbonyl (C=O) groups excluding carboxylic acids is 2. The molecule has 0 aliphatic carbocycles. The van der Waals surface area contributed by atoms with Crippen LogP contribution in [0.4, 0.5) is 14.5 Å². The average Bonchev–Trinajstić information content (AvgIpc) is 3.03. The van der Waals surface area contributed by atoms with Crippen molar-refractivity contribution in [2.24, 2.45) is 0 Å². The smallest absolute Gasteiger partial charge is 0.387 e. The summed E-state index contributed by atoms with van der Waals surface area (Å²) in [6, 6.07) is 5.39. The fourth-order valence-electron chi connectivity index (χ4n) is 2.96. The fraction of sp³-hybridized carbons (Fsp3) is 0.300. The molecule has 0 saturated carbocycles. The summed E-state index contributed by atoms with van der Waals surface area (Å²) in [6.07, 6.45) is 0. The van der Waals surface area contributed by atoms with E-state index in [0.717, 1.165) is 11.3 Å². The standard InChI is InChI=1S/C20H19F2N3O5S/c1-4-29-19(28)16-10(2)15-17(31-16)23-11(3)25(18(15)27)9-14(26)24-12-5-7-13(8-6-12)30-20(21)22/h5-8,20H,4,9H2,1-3H3,(H,24,26). The average molecular weight is 451 g/mol. The van der Waals surface area contributed by atoms with Crippen molar-refractivity contribution in [3.8, 4) is 5.75 Å². The number of esters is 1. The number of fused-ring (bicyclic) bond motifs is 1. The molecule has 0 bridgehead atoms. The number of carbonyl (C=O) groups is 2. The van der Waals surface area contributed by atoms with Gasteiger partial charge in [-0.25, -0.2) is 9.78 Å². The van der Waals surface area contributed by atoms with Crippen molar-refractivity contribution in [3.63, 3.8) is 0 Å². The molecule has 0 atom stereocenters. The first-order chi connectivity index (χ1) is 14.7. The topological polar surface area (TPSA) is 99.5 Å². The molecule has 0 fully saturated rings. The van der Waals surface area contributed by atoms with Crippen LogP contribution >= 0.6 is 11.3 Å². The summed E-state index contributed by atoms with van der Waals surface area (Å²) in [6.45, 7) is 1.86. The molecular formula is C20H19F2N3O5S. The molecule has 2 aromatic heterocycles. The Morgan fingerprint density at radius 2 is 1.90 bits per heavy atom. The van der Waals surface area contributed by atoms with E-state index in [2.05, 4.69) is 15.0 Å². The number of thiophene rings is 1. The van der Waals surface area contributed by atoms with Crippen LogP contribution in [0.15, 0.2) is 29.1 Å². The van der Waals surface area contributed by atoms with Gasteiger partial charge in [-0.15, -0.1) is 11.3 Å². The summed E-state index contributed by atoms with van der Waals surface area (Å²) in [4.78, 5) is 42.6. The number of rotatable bonds is 7. The number of hydrogen-bond donors (Lipinski definition) is 1. The van der Waals surface area contributed by atoms with Gasteiger partial charge in [0.15, 0.2) is 0 Å². The number of aryl methyl sites for hydroxylation is 2. The summed E-state index contributed by atoms with van der Waals surface area (Å²) in [5.41, 5.74) is 0.366. The van der Waals surface area contributed by atoms with E-state index in [0.29, 0.717) is 26.8 Å². The van der Waals surface area contributed by atoms with Crippen molar-refractivity contribution in [3.05, 3.63) is 50.9 Å². The fourth-order valence-corrected chi connectivity index (χ4v) is 4.07. The first kappa shape index (κ1) is 22.3. The van der Waals surface area contributed by atoms with Gasteiger partial charge in [0.1, 0.15) is 27.8 Å². The Bertz CT molecular complexity index is 1190. The molecule has 3 aromatic rings. The number of nitrogens with one attached hydrogen (secondary N) is 1. The van der Waals surface area contributed by atoms with Gasteiger partial charge in [0.2, 0.25) is 5.91 Å². The SMILES string of the molecule is CCOC(=O)c1sc2nc(C)n(CC(=O)Nc3ccc(OC(F)F)cc3)c(=O)c2c1C. The van der Waals surface area contributed by atoms with Gasteiger partial charge < -0.3 is 14.8 Å². The highest BCUT2D eigenvalue weighted by molar-refractivity contribution is 7.20. The maximum Gasteiger partial charge on any atom is 0.387 e. The number of hydrogen-bond acceptors (Lipinski definition) is 7. The minimum absolute atomic E-state index is 0.0416. The molecule has 0 saturated heterocycles. The summed E-state index contributed by atoms with van der Waals surface area (Å²) in [5.74, 6) is -0.763. The van der Waals surface area contributed by atoms with Crippen molar-refractivity contribution in [1.29, 1.82) is 0 Å². The molecule has 31 heavy (non-hydrogen) atoms. The molecule has 0 radical (unpaired) electrons. The van der Waals surface area contributed by atoms with Gasteiger partial charge in [-0.1, -0.05) is 0 Å². The van der Waals surface area contributed by atoms with Gasteiger partial charge in [-0.3, -0.25) is 14.2 Å². The highest BCUT2D eigenvalue weighted by Gasteiger charge is 2.22. The monoisotopic (exact) mass is 451 g/mol. The Labute approximate surface area is 179 Å². The van der Waals surface area contributed by atoms with Crippen LogP contribution in [0, 0.1) is 13.8 Å². The van der Waals surface area contributed by atoms with Gasteiger partial charge >= 0.3 is 12.6 Å². The van der Waals surface area contributed by atoms with Gasteiger partial charge in [0.05, 0.1) is 12.0 Å². The normalized spacial score (nSPS) is 11.0. The summed E-state index contributed by atoms with van der Waals surface area (Å²) in [7, 11) is 0. The minimum Gasteiger partial charge on any atom is -0.462 e. The molecule has 1 N–H and O–H groups in total. The second kappa shape index (κ2) is 9.21. The van der Waals surface area contributed by atoms with Crippen LogP contribution in [0.2, 0.25) is 0 Å². The number of benzene rings is 1. The van der Waals surface area contributed by atoms with Gasteiger partial charge in [-0.2, -0.15) is 8.78 Å². The van der Waals surface area contributed by atoms with E-state index >= 15 is 0 Å². The molecule has 1 aromatic carbocycles. The zero-order chi connectivity index (χ0) is 22.7. The Morgan fingerprint density at radius 1 is 1.23 bits per heavy atom. The molecule has 0 spiro atoms. The van der Waals surface area contributed by atoms with E-state index in [1.165, 1.54) is 28.8 Å². The molecule has 0 aliphatic rings. The van der Waals surface area contributed by atoms with Crippen LogP contribution in [0.1, 0.15) is 28.0 Å². The number of amides is 1. The number of halogens is 2. The lowest BCUT2D eigenvalue weighted by Gasteiger charge is -2.11. The highest BCUT2D eigenvalue weighted by Crippen LogP contribution is 2.28. The van der Waals surface area contributed by atoms with Crippen molar-refractivity contribution in [2.45, 2.75) is 33.9 Å². The minimum atomic E-state index is -2.94. The van der Waals surface area contributed by atoms with E-state index in [-0.39, 0.29) is 24.3 Å². The Hall–Kier alpha value is -3.34. The van der Waals surface area contributed by atoms with Crippen LogP contribution in [-0.4, -0.2) is 34.6 Å². The Morgan fingerprint density at radius 3 is 2.52 bits per heavy atom. The van der Waals surface area contributed by atoms with E-state index in [1.54, 1.807) is 20.8 Å². The summed E-state index contributed by atoms with van der Waals surface area (Å²) >= 11 is 1.07. The number of anilines is 1. The number of nitrogens with zero attached hydrogens (tertiary/aromatic N) is 2. The molecule has 0 unspecified atom stereocenters. The summed E-state index contributed by atoms with van der Waals surface area (Å²) < 4.78 is 34.9. The quantitative estimate of drug-likeness (QED) is 0.552. The van der Waals surface area contributed by atoms with Crippen molar-refractivity contribution < 1.29 is 27.8 Å². The largest absolute Gasteiger partial charge is 0.462 e. The maximum atomic E-state index is 13.0. The van der Waals surface area contributed by atoms with Crippen molar-refractivity contribution >= 4 is 39.1 Å². The molecular weight excluding hydrogens is 432 g/mol. The van der Waals surface area contributed by atoms with Crippen LogP contribution < -0.4 is 15.6 Å². The van der Waals surface area contributed by atoms with Gasteiger partial charge in [0.25, 0.3) is 5.56 Å². The van der Waals surface area contributed by atoms with E-state index < -0.39 is 24.0 Å². The molecule has 2 heterocycles. The Balaban J connectivity index is 1.84. The van der Waals surface area contributed by atoms with Crippen LogP contribution in [-0.2, 0) is 16.1 Å². The first-order valence-electron chi connectivity index (χ1n) is 9.23. The lowest BCUT2D eigenvalue weighted by molar-refractivity contribution is -0.116. The van der Waals surface area contributed by atoms with Crippen LogP contribution in [0.5, 0.6) is 5.75 Å². The van der Waals surface area contributed by atoms with Gasteiger partial charge in [-0.05, 0) is 50.6 Å². The first-order valence-corrected chi connectivity index (χ1v) is 10.0. The van der Waals surface area contributed by atoms with Crippen molar-refractivity contribution in [1.82, 2.24) is 9.55 Å². The molecule has 3 rings (SSSR count). The van der Waals surface area contributed by atoms with Crippen LogP contribution in [0.3, 0.4) is 0 Å². The van der Waals surface area contributed by atoms with E-state index in [4.69, 9.17) is 4.74 Å². The number of alkyl halides is 2. The van der Waals surface area contributed by atoms with E-state index in [9.17, 15) is 23.2 Å².